The fraction of sp³-hybridized carbons (Fsp3) is 0.538. The summed E-state index contributed by atoms with van der Waals surface area (Å²) in [5.74, 6) is 0.0934. The largest absolute Gasteiger partial charge is 0.329 e. The van der Waals surface area contributed by atoms with Crippen LogP contribution >= 0.6 is 11.6 Å². The predicted octanol–water partition coefficient (Wildman–Crippen LogP) is 2.94. The molecule has 0 aliphatic carbocycles. The van der Waals surface area contributed by atoms with Crippen LogP contribution in [-0.2, 0) is 6.54 Å². The van der Waals surface area contributed by atoms with Crippen LogP contribution in [0.1, 0.15) is 26.3 Å². The van der Waals surface area contributed by atoms with E-state index in [2.05, 4.69) is 26.1 Å². The molecule has 1 unspecified atom stereocenters. The Bertz CT molecular complexity index is 382. The monoisotopic (exact) mass is 258 g/mol. The van der Waals surface area contributed by atoms with Crippen molar-refractivity contribution in [2.75, 3.05) is 6.54 Å². The summed E-state index contributed by atoms with van der Waals surface area (Å²) in [4.78, 5) is 0. The van der Waals surface area contributed by atoms with Crippen molar-refractivity contribution >= 4 is 11.6 Å². The highest BCUT2D eigenvalue weighted by molar-refractivity contribution is 6.31. The number of halogens is 2. The molecule has 0 amide bonds. The van der Waals surface area contributed by atoms with Crippen LogP contribution in [-0.4, -0.2) is 12.1 Å². The number of nitrogens with two attached hydrogens (primary N) is 1. The zero-order valence-corrected chi connectivity index (χ0v) is 11.3. The van der Waals surface area contributed by atoms with Gasteiger partial charge in [0.25, 0.3) is 0 Å². The molecule has 0 radical (unpaired) electrons. The lowest BCUT2D eigenvalue weighted by Gasteiger charge is -2.34. The molecule has 1 aromatic rings. The van der Waals surface area contributed by atoms with E-state index in [1.54, 1.807) is 6.07 Å². The van der Waals surface area contributed by atoms with Crippen molar-refractivity contribution in [1.29, 1.82) is 0 Å². The van der Waals surface area contributed by atoms with Crippen LogP contribution < -0.4 is 11.1 Å². The molecular weight excluding hydrogens is 239 g/mol. The van der Waals surface area contributed by atoms with Gasteiger partial charge in [-0.15, -0.1) is 0 Å². The van der Waals surface area contributed by atoms with Gasteiger partial charge in [-0.05, 0) is 30.5 Å². The predicted molar refractivity (Wildman–Crippen MR) is 70.5 cm³/mol. The minimum atomic E-state index is -0.316. The molecule has 0 saturated carbocycles. The fourth-order valence-electron chi connectivity index (χ4n) is 1.47. The first-order valence-corrected chi connectivity index (χ1v) is 6.16. The van der Waals surface area contributed by atoms with E-state index in [0.29, 0.717) is 24.0 Å². The van der Waals surface area contributed by atoms with E-state index in [1.165, 1.54) is 12.1 Å². The number of hydrogen-bond acceptors (Lipinski definition) is 2. The van der Waals surface area contributed by atoms with Gasteiger partial charge < -0.3 is 11.1 Å². The Hall–Kier alpha value is -0.640. The fourth-order valence-corrected chi connectivity index (χ4v) is 1.71. The summed E-state index contributed by atoms with van der Waals surface area (Å²) >= 11 is 5.97. The second-order valence-corrected chi connectivity index (χ2v) is 5.27. The Balaban J connectivity index is 2.73. The second kappa shape index (κ2) is 5.80. The van der Waals surface area contributed by atoms with Crippen molar-refractivity contribution < 1.29 is 4.39 Å². The van der Waals surface area contributed by atoms with Gasteiger partial charge in [-0.2, -0.15) is 0 Å². The van der Waals surface area contributed by atoms with Crippen molar-refractivity contribution in [3.8, 4) is 0 Å². The third-order valence-electron chi connectivity index (χ3n) is 3.40. The Labute approximate surface area is 107 Å². The normalized spacial score (nSPS) is 15.0. The third-order valence-corrected chi connectivity index (χ3v) is 3.75. The van der Waals surface area contributed by atoms with Crippen LogP contribution in [0.2, 0.25) is 5.02 Å². The Morgan fingerprint density at radius 1 is 1.47 bits per heavy atom. The van der Waals surface area contributed by atoms with E-state index >= 15 is 0 Å². The van der Waals surface area contributed by atoms with Gasteiger partial charge >= 0.3 is 0 Å². The van der Waals surface area contributed by atoms with Crippen molar-refractivity contribution in [3.05, 3.63) is 34.6 Å². The van der Waals surface area contributed by atoms with E-state index in [4.69, 9.17) is 17.3 Å². The van der Waals surface area contributed by atoms with Crippen LogP contribution in [0.4, 0.5) is 4.39 Å². The van der Waals surface area contributed by atoms with Crippen molar-refractivity contribution in [2.45, 2.75) is 32.9 Å². The molecular formula is C13H20ClFN2. The number of rotatable bonds is 5. The van der Waals surface area contributed by atoms with Gasteiger partial charge in [0.2, 0.25) is 0 Å². The summed E-state index contributed by atoms with van der Waals surface area (Å²) in [6.07, 6.45) is 0. The summed E-state index contributed by atoms with van der Waals surface area (Å²) in [6.45, 7) is 7.45. The minimum absolute atomic E-state index is 0.141. The molecule has 0 aromatic heterocycles. The molecule has 17 heavy (non-hydrogen) atoms. The van der Waals surface area contributed by atoms with Gasteiger partial charge in [0.05, 0.1) is 0 Å². The first-order valence-electron chi connectivity index (χ1n) is 5.78. The molecule has 0 saturated heterocycles. The van der Waals surface area contributed by atoms with Gasteiger partial charge in [-0.1, -0.05) is 31.5 Å². The highest BCUT2D eigenvalue weighted by atomic mass is 35.5. The summed E-state index contributed by atoms with van der Waals surface area (Å²) < 4.78 is 12.9. The lowest BCUT2D eigenvalue weighted by Crippen LogP contribution is -2.52. The molecule has 96 valence electrons. The molecule has 1 rings (SSSR count). The van der Waals surface area contributed by atoms with Crippen molar-refractivity contribution in [2.24, 2.45) is 11.7 Å². The summed E-state index contributed by atoms with van der Waals surface area (Å²) in [7, 11) is 0. The molecule has 0 fully saturated rings. The first kappa shape index (κ1) is 14.4. The van der Waals surface area contributed by atoms with Crippen LogP contribution in [0.25, 0.3) is 0 Å². The van der Waals surface area contributed by atoms with Gasteiger partial charge in [-0.3, -0.25) is 0 Å². The molecule has 4 heteroatoms. The molecule has 0 bridgehead atoms. The maximum absolute atomic E-state index is 12.9. The highest BCUT2D eigenvalue weighted by Gasteiger charge is 2.25. The molecule has 1 atom stereocenters. The van der Waals surface area contributed by atoms with E-state index < -0.39 is 0 Å². The zero-order valence-electron chi connectivity index (χ0n) is 10.6. The molecule has 0 heterocycles. The maximum atomic E-state index is 12.9. The number of benzene rings is 1. The Morgan fingerprint density at radius 3 is 2.59 bits per heavy atom. The molecule has 1 aromatic carbocycles. The smallest absolute Gasteiger partial charge is 0.124 e. The summed E-state index contributed by atoms with van der Waals surface area (Å²) in [6, 6.07) is 4.44. The maximum Gasteiger partial charge on any atom is 0.124 e. The first-order chi connectivity index (χ1) is 7.89. The summed E-state index contributed by atoms with van der Waals surface area (Å²) in [5.41, 5.74) is 6.52. The van der Waals surface area contributed by atoms with Crippen LogP contribution in [0.5, 0.6) is 0 Å². The SMILES string of the molecule is CC(C)C(C)(CN)NCc1ccc(F)cc1Cl. The van der Waals surface area contributed by atoms with Crippen LogP contribution in [0.15, 0.2) is 18.2 Å². The number of nitrogens with one attached hydrogen (secondary N) is 1. The minimum Gasteiger partial charge on any atom is -0.329 e. The molecule has 0 aliphatic heterocycles. The van der Waals surface area contributed by atoms with Gasteiger partial charge in [0, 0.05) is 23.7 Å². The van der Waals surface area contributed by atoms with E-state index in [9.17, 15) is 4.39 Å². The quantitative estimate of drug-likeness (QED) is 0.852. The molecule has 0 aliphatic rings. The molecule has 3 N–H and O–H groups in total. The average Bonchev–Trinajstić information content (AvgIpc) is 2.27. The standard InChI is InChI=1S/C13H20ClFN2/c1-9(2)13(3,8-16)17-7-10-4-5-11(15)6-12(10)14/h4-6,9,17H,7-8,16H2,1-3H3. The van der Waals surface area contributed by atoms with Crippen LogP contribution in [0.3, 0.4) is 0 Å². The highest BCUT2D eigenvalue weighted by Crippen LogP contribution is 2.20. The van der Waals surface area contributed by atoms with Gasteiger partial charge in [0.1, 0.15) is 5.82 Å². The second-order valence-electron chi connectivity index (χ2n) is 4.87. The topological polar surface area (TPSA) is 38.0 Å². The lowest BCUT2D eigenvalue weighted by atomic mass is 9.88. The van der Waals surface area contributed by atoms with E-state index in [1.807, 2.05) is 0 Å². The van der Waals surface area contributed by atoms with Crippen molar-refractivity contribution in [1.82, 2.24) is 5.32 Å². The molecule has 0 spiro atoms. The van der Waals surface area contributed by atoms with Crippen molar-refractivity contribution in [3.63, 3.8) is 0 Å². The van der Waals surface area contributed by atoms with E-state index in [-0.39, 0.29) is 11.4 Å². The summed E-state index contributed by atoms with van der Waals surface area (Å²) in [5, 5.41) is 3.83. The van der Waals surface area contributed by atoms with Crippen LogP contribution in [0, 0.1) is 11.7 Å². The third kappa shape index (κ3) is 3.66. The Morgan fingerprint density at radius 2 is 2.12 bits per heavy atom. The Kier molecular flexibility index (Phi) is 4.92. The van der Waals surface area contributed by atoms with Gasteiger partial charge in [-0.25, -0.2) is 4.39 Å². The lowest BCUT2D eigenvalue weighted by molar-refractivity contribution is 0.267. The zero-order chi connectivity index (χ0) is 13.1. The molecule has 2 nitrogen and oxygen atoms in total. The van der Waals surface area contributed by atoms with E-state index in [0.717, 1.165) is 5.56 Å². The average molecular weight is 259 g/mol. The van der Waals surface area contributed by atoms with Gasteiger partial charge in [0.15, 0.2) is 0 Å². The number of hydrogen-bond donors (Lipinski definition) is 2.